The van der Waals surface area contributed by atoms with E-state index < -0.39 is 6.10 Å². The molecule has 0 radical (unpaired) electrons. The van der Waals surface area contributed by atoms with Crippen LogP contribution >= 0.6 is 0 Å². The molecular formula is C13H16N4O2. The van der Waals surface area contributed by atoms with Gasteiger partial charge in [0.05, 0.1) is 18.3 Å². The van der Waals surface area contributed by atoms with Crippen molar-refractivity contribution in [2.75, 3.05) is 6.54 Å². The maximum Gasteiger partial charge on any atom is 0.315 e. The van der Waals surface area contributed by atoms with Crippen molar-refractivity contribution in [3.05, 3.63) is 53.9 Å². The Morgan fingerprint density at radius 3 is 2.74 bits per heavy atom. The van der Waals surface area contributed by atoms with Gasteiger partial charge in [0.15, 0.2) is 0 Å². The fourth-order valence-electron chi connectivity index (χ4n) is 1.60. The van der Waals surface area contributed by atoms with Crippen LogP contribution in [0.15, 0.2) is 42.6 Å². The van der Waals surface area contributed by atoms with Crippen LogP contribution in [0.25, 0.3) is 0 Å². The summed E-state index contributed by atoms with van der Waals surface area (Å²) in [5.74, 6) is 0. The van der Waals surface area contributed by atoms with E-state index in [0.29, 0.717) is 6.54 Å². The molecule has 0 aliphatic rings. The van der Waals surface area contributed by atoms with Crippen molar-refractivity contribution in [2.45, 2.75) is 12.6 Å². The molecule has 0 aliphatic heterocycles. The number of carbonyl (C=O) groups excluding carboxylic acids is 1. The Hall–Kier alpha value is -2.34. The Morgan fingerprint density at radius 1 is 1.26 bits per heavy atom. The predicted octanol–water partition coefficient (Wildman–Crippen LogP) is 0.942. The molecular weight excluding hydrogens is 244 g/mol. The Balaban J connectivity index is 1.71. The van der Waals surface area contributed by atoms with Gasteiger partial charge < -0.3 is 15.7 Å². The molecule has 1 aromatic heterocycles. The Labute approximate surface area is 110 Å². The smallest absolute Gasteiger partial charge is 0.315 e. The molecule has 0 bridgehead atoms. The van der Waals surface area contributed by atoms with Gasteiger partial charge in [-0.3, -0.25) is 5.10 Å². The van der Waals surface area contributed by atoms with Crippen LogP contribution in [-0.2, 0) is 6.54 Å². The lowest BCUT2D eigenvalue weighted by molar-refractivity contribution is 0.173. The number of aromatic nitrogens is 2. The number of rotatable bonds is 5. The van der Waals surface area contributed by atoms with Crippen molar-refractivity contribution >= 4 is 6.03 Å². The lowest BCUT2D eigenvalue weighted by Gasteiger charge is -2.12. The highest BCUT2D eigenvalue weighted by Gasteiger charge is 2.08. The normalized spacial score (nSPS) is 11.8. The largest absolute Gasteiger partial charge is 0.387 e. The fraction of sp³-hybridized carbons (Fsp3) is 0.231. The highest BCUT2D eigenvalue weighted by Crippen LogP contribution is 2.10. The van der Waals surface area contributed by atoms with Crippen LogP contribution in [0.4, 0.5) is 4.79 Å². The number of benzene rings is 1. The van der Waals surface area contributed by atoms with Crippen LogP contribution in [0.2, 0.25) is 0 Å². The van der Waals surface area contributed by atoms with E-state index in [1.165, 1.54) is 0 Å². The van der Waals surface area contributed by atoms with Crippen LogP contribution in [0.1, 0.15) is 17.4 Å². The summed E-state index contributed by atoms with van der Waals surface area (Å²) in [6.45, 7) is 0.534. The van der Waals surface area contributed by atoms with Gasteiger partial charge in [-0.05, 0) is 11.6 Å². The van der Waals surface area contributed by atoms with Crippen LogP contribution in [-0.4, -0.2) is 27.9 Å². The third kappa shape index (κ3) is 4.11. The minimum Gasteiger partial charge on any atom is -0.387 e. The van der Waals surface area contributed by atoms with Crippen molar-refractivity contribution in [1.29, 1.82) is 0 Å². The zero-order valence-corrected chi connectivity index (χ0v) is 10.3. The quantitative estimate of drug-likeness (QED) is 0.645. The summed E-state index contributed by atoms with van der Waals surface area (Å²) in [7, 11) is 0. The molecule has 4 N–H and O–H groups in total. The third-order valence-corrected chi connectivity index (χ3v) is 2.64. The van der Waals surface area contributed by atoms with E-state index >= 15 is 0 Å². The molecule has 1 heterocycles. The summed E-state index contributed by atoms with van der Waals surface area (Å²) in [6.07, 6.45) is 0.910. The van der Waals surface area contributed by atoms with Crippen molar-refractivity contribution < 1.29 is 9.90 Å². The Morgan fingerprint density at radius 2 is 2.05 bits per heavy atom. The van der Waals surface area contributed by atoms with Crippen LogP contribution in [0.5, 0.6) is 0 Å². The number of nitrogens with zero attached hydrogens (tertiary/aromatic N) is 1. The highest BCUT2D eigenvalue weighted by atomic mass is 16.3. The lowest BCUT2D eigenvalue weighted by Crippen LogP contribution is -2.37. The lowest BCUT2D eigenvalue weighted by atomic mass is 10.1. The predicted molar refractivity (Wildman–Crippen MR) is 70.2 cm³/mol. The maximum atomic E-state index is 11.5. The minimum absolute atomic E-state index is 0.165. The molecule has 0 aliphatic carbocycles. The van der Waals surface area contributed by atoms with Gasteiger partial charge in [0.2, 0.25) is 0 Å². The monoisotopic (exact) mass is 260 g/mol. The average molecular weight is 260 g/mol. The first-order valence-corrected chi connectivity index (χ1v) is 5.98. The molecule has 100 valence electrons. The number of urea groups is 1. The fourth-order valence-corrected chi connectivity index (χ4v) is 1.60. The first-order valence-electron chi connectivity index (χ1n) is 5.98. The summed E-state index contributed by atoms with van der Waals surface area (Å²) < 4.78 is 0. The molecule has 0 unspecified atom stereocenters. The second-order valence-corrected chi connectivity index (χ2v) is 4.07. The van der Waals surface area contributed by atoms with Gasteiger partial charge in [0, 0.05) is 12.7 Å². The number of H-pyrrole nitrogens is 1. The molecule has 6 nitrogen and oxygen atoms in total. The molecule has 0 saturated carbocycles. The van der Waals surface area contributed by atoms with E-state index in [2.05, 4.69) is 20.8 Å². The van der Waals surface area contributed by atoms with Gasteiger partial charge >= 0.3 is 6.03 Å². The zero-order chi connectivity index (χ0) is 13.5. The van der Waals surface area contributed by atoms with Crippen molar-refractivity contribution in [3.8, 4) is 0 Å². The van der Waals surface area contributed by atoms with Crippen molar-refractivity contribution in [2.24, 2.45) is 0 Å². The summed E-state index contributed by atoms with van der Waals surface area (Å²) in [5, 5.41) is 21.7. The van der Waals surface area contributed by atoms with Gasteiger partial charge in [0.1, 0.15) is 0 Å². The summed E-state index contributed by atoms with van der Waals surface area (Å²) >= 11 is 0. The van der Waals surface area contributed by atoms with E-state index in [-0.39, 0.29) is 12.6 Å². The Kier molecular flexibility index (Phi) is 4.52. The number of aliphatic hydroxyl groups is 1. The molecule has 1 aromatic carbocycles. The second kappa shape index (κ2) is 6.55. The maximum absolute atomic E-state index is 11.5. The van der Waals surface area contributed by atoms with Crippen molar-refractivity contribution in [3.63, 3.8) is 0 Å². The topological polar surface area (TPSA) is 90.0 Å². The van der Waals surface area contributed by atoms with E-state index in [4.69, 9.17) is 0 Å². The third-order valence-electron chi connectivity index (χ3n) is 2.64. The number of hydrogen-bond donors (Lipinski definition) is 4. The second-order valence-electron chi connectivity index (χ2n) is 4.07. The summed E-state index contributed by atoms with van der Waals surface area (Å²) in [5.41, 5.74) is 1.59. The summed E-state index contributed by atoms with van der Waals surface area (Å²) in [4.78, 5) is 11.5. The van der Waals surface area contributed by atoms with Gasteiger partial charge in [0.25, 0.3) is 0 Å². The number of amides is 2. The summed E-state index contributed by atoms with van der Waals surface area (Å²) in [6, 6.07) is 10.6. The van der Waals surface area contributed by atoms with E-state index in [0.717, 1.165) is 11.3 Å². The minimum atomic E-state index is -0.709. The average Bonchev–Trinajstić information content (AvgIpc) is 2.96. The Bertz CT molecular complexity index is 499. The van der Waals surface area contributed by atoms with Crippen LogP contribution < -0.4 is 10.6 Å². The van der Waals surface area contributed by atoms with Crippen LogP contribution in [0, 0.1) is 0 Å². The van der Waals surface area contributed by atoms with Gasteiger partial charge in [-0.2, -0.15) is 5.10 Å². The zero-order valence-electron chi connectivity index (χ0n) is 10.3. The number of hydrogen-bond acceptors (Lipinski definition) is 3. The number of carbonyl (C=O) groups is 1. The molecule has 2 rings (SSSR count). The molecule has 6 heteroatoms. The number of nitrogens with one attached hydrogen (secondary N) is 3. The van der Waals surface area contributed by atoms with E-state index in [9.17, 15) is 9.90 Å². The first-order chi connectivity index (χ1) is 9.25. The molecule has 0 fully saturated rings. The van der Waals surface area contributed by atoms with Crippen molar-refractivity contribution in [1.82, 2.24) is 20.8 Å². The number of aliphatic hydroxyl groups excluding tert-OH is 1. The highest BCUT2D eigenvalue weighted by molar-refractivity contribution is 5.73. The number of aromatic amines is 1. The van der Waals surface area contributed by atoms with Gasteiger partial charge in [-0.15, -0.1) is 0 Å². The first kappa shape index (κ1) is 13.1. The van der Waals surface area contributed by atoms with E-state index in [1.807, 2.05) is 30.3 Å². The molecule has 0 spiro atoms. The molecule has 1 atom stereocenters. The molecule has 19 heavy (non-hydrogen) atoms. The standard InChI is InChI=1S/C13H16N4O2/c18-12(10-4-2-1-3-5-10)9-15-13(19)14-8-11-6-7-16-17-11/h1-7,12,18H,8-9H2,(H,16,17)(H2,14,15,19)/t12-/m1/s1. The van der Waals surface area contributed by atoms with Crippen LogP contribution in [0.3, 0.4) is 0 Å². The SMILES string of the molecule is O=C(NCc1ccn[nH]1)NC[C@@H](O)c1ccccc1. The van der Waals surface area contributed by atoms with E-state index in [1.54, 1.807) is 12.3 Å². The molecule has 2 amide bonds. The molecule has 0 saturated heterocycles. The molecule has 2 aromatic rings. The van der Waals surface area contributed by atoms with Gasteiger partial charge in [-0.25, -0.2) is 4.79 Å². The van der Waals surface area contributed by atoms with Gasteiger partial charge in [-0.1, -0.05) is 30.3 Å².